The first-order valence-electron chi connectivity index (χ1n) is 13.4. The standard InChI is InChI=1S/C28H47NO7/c1-10-23-15(2)11-12-22(30)16(3)13-17(4)26(19(6)24(31)20(7)27(33)35-23)36-28-25(32)21(29(8)9)14-18(5)34-28/h11-12,15-21,23,25-26,28,32H,10,13-14H2,1-9H3/b12-11+/t15-,16-,17+,18+,19+,20-,21-,23-,25+,26+,28+/m1/s1. The summed E-state index contributed by atoms with van der Waals surface area (Å²) in [6.45, 7) is 12.9. The number of nitrogens with zero attached hydrogens (tertiary/aromatic N) is 1. The van der Waals surface area contributed by atoms with E-state index >= 15 is 0 Å². The van der Waals surface area contributed by atoms with Gasteiger partial charge in [-0.2, -0.15) is 0 Å². The molecule has 36 heavy (non-hydrogen) atoms. The lowest BCUT2D eigenvalue weighted by Gasteiger charge is -2.43. The van der Waals surface area contributed by atoms with Crippen molar-refractivity contribution in [1.29, 1.82) is 0 Å². The fraction of sp³-hybridized carbons (Fsp3) is 0.821. The first-order chi connectivity index (χ1) is 16.8. The minimum absolute atomic E-state index is 0.0201. The second-order valence-corrected chi connectivity index (χ2v) is 11.2. The molecule has 2 aliphatic rings. The lowest BCUT2D eigenvalue weighted by Crippen LogP contribution is -2.56. The molecule has 8 heteroatoms. The van der Waals surface area contributed by atoms with Gasteiger partial charge in [-0.15, -0.1) is 0 Å². The molecule has 8 nitrogen and oxygen atoms in total. The molecule has 0 aromatic carbocycles. The molecule has 0 bridgehead atoms. The molecule has 1 fully saturated rings. The summed E-state index contributed by atoms with van der Waals surface area (Å²) in [5, 5.41) is 11.0. The summed E-state index contributed by atoms with van der Waals surface area (Å²) in [6.07, 6.45) is 2.02. The number of carbonyl (C=O) groups excluding carboxylic acids is 3. The Morgan fingerprint density at radius 1 is 1.06 bits per heavy atom. The zero-order valence-corrected chi connectivity index (χ0v) is 23.5. The lowest BCUT2D eigenvalue weighted by molar-refractivity contribution is -0.278. The van der Waals surface area contributed by atoms with Gasteiger partial charge >= 0.3 is 5.97 Å². The molecule has 0 unspecified atom stereocenters. The predicted octanol–water partition coefficient (Wildman–Crippen LogP) is 3.40. The van der Waals surface area contributed by atoms with Crippen molar-refractivity contribution >= 4 is 17.5 Å². The number of ether oxygens (including phenoxy) is 3. The van der Waals surface area contributed by atoms with Crippen LogP contribution in [0.2, 0.25) is 0 Å². The predicted molar refractivity (Wildman–Crippen MR) is 137 cm³/mol. The fourth-order valence-corrected chi connectivity index (χ4v) is 5.38. The van der Waals surface area contributed by atoms with Crippen LogP contribution < -0.4 is 0 Å². The maximum Gasteiger partial charge on any atom is 0.316 e. The maximum absolute atomic E-state index is 13.5. The lowest BCUT2D eigenvalue weighted by atomic mass is 9.80. The van der Waals surface area contributed by atoms with Crippen LogP contribution in [0.4, 0.5) is 0 Å². The topological polar surface area (TPSA) is 102 Å². The average Bonchev–Trinajstić information content (AvgIpc) is 2.83. The summed E-state index contributed by atoms with van der Waals surface area (Å²) in [6, 6.07) is -0.161. The quantitative estimate of drug-likeness (QED) is 0.454. The molecular formula is C28H47NO7. The van der Waals surface area contributed by atoms with Crippen LogP contribution in [-0.4, -0.2) is 78.4 Å². The second-order valence-electron chi connectivity index (χ2n) is 11.2. The second kappa shape index (κ2) is 13.3. The third kappa shape index (κ3) is 7.46. The Kier molecular flexibility index (Phi) is 11.3. The molecule has 0 aromatic heterocycles. The molecular weight excluding hydrogens is 462 g/mol. The van der Waals surface area contributed by atoms with Crippen molar-refractivity contribution in [3.8, 4) is 0 Å². The summed E-state index contributed by atoms with van der Waals surface area (Å²) in [5.74, 6) is -3.16. The Morgan fingerprint density at radius 2 is 1.69 bits per heavy atom. The summed E-state index contributed by atoms with van der Waals surface area (Å²) in [4.78, 5) is 41.2. The van der Waals surface area contributed by atoms with E-state index in [2.05, 4.69) is 0 Å². The molecule has 1 N–H and O–H groups in total. The van der Waals surface area contributed by atoms with Gasteiger partial charge in [0.05, 0.1) is 12.2 Å². The van der Waals surface area contributed by atoms with Crippen LogP contribution in [0.15, 0.2) is 12.2 Å². The smallest absolute Gasteiger partial charge is 0.316 e. The molecule has 2 heterocycles. The van der Waals surface area contributed by atoms with E-state index in [4.69, 9.17) is 14.2 Å². The number of hydrogen-bond donors (Lipinski definition) is 1. The Morgan fingerprint density at radius 3 is 2.28 bits per heavy atom. The number of rotatable bonds is 4. The van der Waals surface area contributed by atoms with Gasteiger partial charge < -0.3 is 24.2 Å². The van der Waals surface area contributed by atoms with Gasteiger partial charge in [0.2, 0.25) is 0 Å². The number of aliphatic hydroxyl groups is 1. The monoisotopic (exact) mass is 509 g/mol. The van der Waals surface area contributed by atoms with E-state index in [9.17, 15) is 19.5 Å². The van der Waals surface area contributed by atoms with Crippen molar-refractivity contribution in [2.45, 2.75) is 104 Å². The molecule has 0 radical (unpaired) electrons. The van der Waals surface area contributed by atoms with Gasteiger partial charge in [-0.3, -0.25) is 14.4 Å². The number of esters is 1. The number of aliphatic hydroxyl groups excluding tert-OH is 1. The molecule has 0 saturated carbocycles. The highest BCUT2D eigenvalue weighted by Crippen LogP contribution is 2.32. The minimum atomic E-state index is -0.962. The average molecular weight is 510 g/mol. The summed E-state index contributed by atoms with van der Waals surface area (Å²) in [7, 11) is 3.80. The van der Waals surface area contributed by atoms with Crippen molar-refractivity contribution < 1.29 is 33.7 Å². The zero-order valence-electron chi connectivity index (χ0n) is 23.5. The van der Waals surface area contributed by atoms with Crippen LogP contribution in [0.5, 0.6) is 0 Å². The molecule has 2 rings (SSSR count). The normalized spacial score (nSPS) is 42.6. The number of hydrogen-bond acceptors (Lipinski definition) is 8. The van der Waals surface area contributed by atoms with Crippen molar-refractivity contribution in [3.63, 3.8) is 0 Å². The van der Waals surface area contributed by atoms with E-state index < -0.39 is 42.4 Å². The molecule has 0 aliphatic carbocycles. The highest BCUT2D eigenvalue weighted by molar-refractivity contribution is 6.00. The third-order valence-electron chi connectivity index (χ3n) is 7.88. The van der Waals surface area contributed by atoms with Gasteiger partial charge in [0.25, 0.3) is 0 Å². The van der Waals surface area contributed by atoms with Crippen LogP contribution in [0.25, 0.3) is 0 Å². The fourth-order valence-electron chi connectivity index (χ4n) is 5.38. The highest BCUT2D eigenvalue weighted by atomic mass is 16.7. The summed E-state index contributed by atoms with van der Waals surface area (Å²) >= 11 is 0. The molecule has 2 aliphatic heterocycles. The van der Waals surface area contributed by atoms with E-state index in [1.54, 1.807) is 26.0 Å². The number of allylic oxidation sites excluding steroid dienone is 1. The Hall–Kier alpha value is -1.61. The first-order valence-corrected chi connectivity index (χ1v) is 13.4. The number of carbonyl (C=O) groups is 3. The van der Waals surface area contributed by atoms with Crippen molar-refractivity contribution in [1.82, 2.24) is 4.90 Å². The van der Waals surface area contributed by atoms with Crippen LogP contribution in [0.1, 0.15) is 67.7 Å². The molecule has 0 amide bonds. The van der Waals surface area contributed by atoms with E-state index in [1.165, 1.54) is 0 Å². The number of ketones is 2. The van der Waals surface area contributed by atoms with Crippen molar-refractivity contribution in [2.75, 3.05) is 14.1 Å². The van der Waals surface area contributed by atoms with Crippen LogP contribution in [0, 0.1) is 29.6 Å². The molecule has 1 saturated heterocycles. The van der Waals surface area contributed by atoms with Crippen molar-refractivity contribution in [3.05, 3.63) is 12.2 Å². The van der Waals surface area contributed by atoms with E-state index in [0.717, 1.165) is 0 Å². The number of Topliss-reactive ketones (excluding diaryl/α,β-unsaturated/α-hetero) is 1. The van der Waals surface area contributed by atoms with Gasteiger partial charge in [0, 0.05) is 23.8 Å². The first kappa shape index (κ1) is 30.6. The Labute approximate surface area is 216 Å². The molecule has 206 valence electrons. The van der Waals surface area contributed by atoms with Crippen LogP contribution in [0.3, 0.4) is 0 Å². The molecule has 11 atom stereocenters. The number of likely N-dealkylation sites (N-methyl/N-ethyl adjacent to an activating group) is 1. The summed E-state index contributed by atoms with van der Waals surface area (Å²) < 4.78 is 18.1. The molecule has 0 spiro atoms. The SMILES string of the molecule is CC[C@H]1OC(=O)[C@H](C)C(=O)[C@H](C)[C@@H](O[C@@H]2O[C@@H](C)C[C@@H](N(C)C)[C@@H]2O)[C@@H](C)C[C@@H](C)C(=O)/C=C/[C@H]1C. The van der Waals surface area contributed by atoms with Crippen LogP contribution in [-0.2, 0) is 28.6 Å². The minimum Gasteiger partial charge on any atom is -0.461 e. The zero-order chi connectivity index (χ0) is 27.3. The maximum atomic E-state index is 13.5. The van der Waals surface area contributed by atoms with E-state index in [-0.39, 0.29) is 41.5 Å². The summed E-state index contributed by atoms with van der Waals surface area (Å²) in [5.41, 5.74) is 0. The van der Waals surface area contributed by atoms with Crippen LogP contribution >= 0.6 is 0 Å². The van der Waals surface area contributed by atoms with Gasteiger partial charge in [-0.05, 0) is 59.2 Å². The van der Waals surface area contributed by atoms with Gasteiger partial charge in [-0.25, -0.2) is 0 Å². The van der Waals surface area contributed by atoms with Gasteiger partial charge in [0.15, 0.2) is 17.9 Å². The largest absolute Gasteiger partial charge is 0.461 e. The molecule has 0 aromatic rings. The van der Waals surface area contributed by atoms with Gasteiger partial charge in [0.1, 0.15) is 18.1 Å². The van der Waals surface area contributed by atoms with E-state index in [1.807, 2.05) is 53.6 Å². The van der Waals surface area contributed by atoms with E-state index in [0.29, 0.717) is 19.3 Å². The highest BCUT2D eigenvalue weighted by Gasteiger charge is 2.43. The third-order valence-corrected chi connectivity index (χ3v) is 7.88. The number of cyclic esters (lactones) is 1. The Balaban J connectivity index is 2.40. The van der Waals surface area contributed by atoms with Gasteiger partial charge in [-0.1, -0.05) is 40.7 Å². The van der Waals surface area contributed by atoms with Crippen molar-refractivity contribution in [2.24, 2.45) is 29.6 Å². The Bertz CT molecular complexity index is 797.